The number of aliphatic hydroxyl groups excluding tert-OH is 1. The molecule has 1 spiro atoms. The third-order valence-electron chi connectivity index (χ3n) is 8.74. The van der Waals surface area contributed by atoms with Crippen molar-refractivity contribution in [3.05, 3.63) is 35.1 Å². The second-order valence-electron chi connectivity index (χ2n) is 11.2. The van der Waals surface area contributed by atoms with Gasteiger partial charge in [0.15, 0.2) is 29.8 Å². The molecule has 5 N–H and O–H groups in total. The number of carboxylic acids is 2. The average molecular weight is 606 g/mol. The highest BCUT2D eigenvalue weighted by atomic mass is 16.6. The number of piperidine rings is 1. The van der Waals surface area contributed by atoms with Gasteiger partial charge in [0.2, 0.25) is 6.10 Å². The summed E-state index contributed by atoms with van der Waals surface area (Å²) in [5.41, 5.74) is -0.768. The van der Waals surface area contributed by atoms with E-state index in [2.05, 4.69) is 9.64 Å². The van der Waals surface area contributed by atoms with Crippen LogP contribution in [-0.4, -0.2) is 110 Å². The molecule has 1 aromatic rings. The highest BCUT2D eigenvalue weighted by Crippen LogP contribution is 2.65. The Hall–Kier alpha value is -4.21. The Bertz CT molecular complexity index is 1420. The fourth-order valence-electron chi connectivity index (χ4n) is 6.73. The summed E-state index contributed by atoms with van der Waals surface area (Å²) in [6.45, 7) is 1.64. The summed E-state index contributed by atoms with van der Waals surface area (Å²) in [6, 6.07) is 3.03. The lowest BCUT2D eigenvalue weighted by Gasteiger charge is -2.61. The van der Waals surface area contributed by atoms with Crippen LogP contribution in [0.2, 0.25) is 0 Å². The molecule has 2 aliphatic carbocycles. The molecule has 0 amide bonds. The van der Waals surface area contributed by atoms with Crippen LogP contribution in [0.25, 0.3) is 0 Å². The summed E-state index contributed by atoms with van der Waals surface area (Å²) in [7, 11) is 1.92. The number of benzene rings is 1. The van der Waals surface area contributed by atoms with Crippen LogP contribution in [0.15, 0.2) is 24.0 Å². The van der Waals surface area contributed by atoms with E-state index in [1.807, 2.05) is 7.05 Å². The van der Waals surface area contributed by atoms with E-state index in [0.717, 1.165) is 12.5 Å². The second-order valence-corrected chi connectivity index (χ2v) is 11.2. The monoisotopic (exact) mass is 605 g/mol. The summed E-state index contributed by atoms with van der Waals surface area (Å²) in [5, 5.41) is 50.9. The van der Waals surface area contributed by atoms with Crippen molar-refractivity contribution in [2.45, 2.75) is 80.5 Å². The number of hydrogen-bond donors (Lipinski definition) is 5. The standard InChI is InChI=1S/C28H31NO14/c1-12(25(37)42-17(24(35)36)11-19(32)33)40-20(34)10-15(31)26(38)41-16-5-6-28(39)18-9-13-3-4-14(30)22-21(13)27(28,23(16)43-22)7-8-29(18)2/h3-5,12,15,17-18,23,30-31,39H,6-11H2,1-2H3,(H,32,33)(H,35,36)/t12-,15-,17+,18+,23-,27-,28+/m0/s1. The maximum Gasteiger partial charge on any atom is 0.348 e. The Labute approximate surface area is 244 Å². The molecule has 5 rings (SSSR count). The second kappa shape index (κ2) is 10.8. The number of aliphatic hydroxyl groups is 2. The van der Waals surface area contributed by atoms with Gasteiger partial charge in [0.1, 0.15) is 5.76 Å². The first-order chi connectivity index (χ1) is 20.2. The lowest BCUT2D eigenvalue weighted by Crippen LogP contribution is -2.74. The van der Waals surface area contributed by atoms with Crippen molar-refractivity contribution >= 4 is 29.8 Å². The summed E-state index contributed by atoms with van der Waals surface area (Å²) >= 11 is 0. The molecule has 4 aliphatic rings. The van der Waals surface area contributed by atoms with Crippen molar-refractivity contribution < 1.29 is 68.5 Å². The summed E-state index contributed by atoms with van der Waals surface area (Å²) in [4.78, 5) is 61.2. The molecule has 7 atom stereocenters. The number of phenols is 1. The predicted molar refractivity (Wildman–Crippen MR) is 139 cm³/mol. The molecule has 0 unspecified atom stereocenters. The van der Waals surface area contributed by atoms with Gasteiger partial charge in [-0.3, -0.25) is 9.59 Å². The Kier molecular flexibility index (Phi) is 7.61. The number of rotatable bonds is 10. The van der Waals surface area contributed by atoms with Gasteiger partial charge in [0, 0.05) is 18.0 Å². The van der Waals surface area contributed by atoms with E-state index < -0.39 is 78.1 Å². The number of ether oxygens (including phenoxy) is 4. The number of aromatic hydroxyl groups is 1. The lowest BCUT2D eigenvalue weighted by molar-refractivity contribution is -0.179. The third-order valence-corrected chi connectivity index (χ3v) is 8.74. The van der Waals surface area contributed by atoms with Gasteiger partial charge in [-0.1, -0.05) is 6.07 Å². The number of hydrogen-bond acceptors (Lipinski definition) is 13. The van der Waals surface area contributed by atoms with Crippen LogP contribution in [0.1, 0.15) is 43.7 Å². The molecule has 15 nitrogen and oxygen atoms in total. The summed E-state index contributed by atoms with van der Waals surface area (Å²) < 4.78 is 21.0. The van der Waals surface area contributed by atoms with Gasteiger partial charge in [0.05, 0.1) is 23.9 Å². The first-order valence-corrected chi connectivity index (χ1v) is 13.6. The maximum atomic E-state index is 12.9. The number of esters is 3. The van der Waals surface area contributed by atoms with E-state index in [4.69, 9.17) is 24.4 Å². The SMILES string of the molecule is C[C@H](OC(=O)C[C@H](O)C(=O)OC1=CC[C@@]2(O)[C@H]3Cc4ccc(O)c5c4[C@@]2(CCN3C)[C@H]1O5)C(=O)O[C@H](CC(=O)O)C(=O)O. The Morgan fingerprint density at radius 3 is 2.51 bits per heavy atom. The van der Waals surface area contributed by atoms with Gasteiger partial charge >= 0.3 is 29.8 Å². The van der Waals surface area contributed by atoms with Crippen LogP contribution >= 0.6 is 0 Å². The van der Waals surface area contributed by atoms with Gasteiger partial charge in [0.25, 0.3) is 0 Å². The van der Waals surface area contributed by atoms with E-state index in [-0.39, 0.29) is 29.7 Å². The highest BCUT2D eigenvalue weighted by Gasteiger charge is 2.72. The summed E-state index contributed by atoms with van der Waals surface area (Å²) in [6.07, 6.45) is -6.16. The highest BCUT2D eigenvalue weighted by molar-refractivity contribution is 5.86. The van der Waals surface area contributed by atoms with Crippen LogP contribution in [0.4, 0.5) is 0 Å². The van der Waals surface area contributed by atoms with Gasteiger partial charge in [-0.15, -0.1) is 0 Å². The normalized spacial score (nSPS) is 28.7. The first kappa shape index (κ1) is 30.3. The molecule has 1 saturated heterocycles. The zero-order chi connectivity index (χ0) is 31.4. The Balaban J connectivity index is 1.26. The van der Waals surface area contributed by atoms with E-state index in [1.165, 1.54) is 12.1 Å². The number of aliphatic carboxylic acids is 2. The number of likely N-dealkylation sites (N-methyl/N-ethyl adjacent to an activating group) is 1. The zero-order valence-electron chi connectivity index (χ0n) is 23.2. The molecule has 0 saturated carbocycles. The van der Waals surface area contributed by atoms with E-state index in [9.17, 15) is 39.3 Å². The number of phenolic OH excluding ortho intramolecular Hbond substituents is 1. The molecule has 2 aliphatic heterocycles. The molecule has 43 heavy (non-hydrogen) atoms. The van der Waals surface area contributed by atoms with Crippen molar-refractivity contribution in [2.75, 3.05) is 13.6 Å². The molecule has 2 heterocycles. The third kappa shape index (κ3) is 4.86. The van der Waals surface area contributed by atoms with Gasteiger partial charge in [-0.25, -0.2) is 14.4 Å². The molecule has 0 radical (unpaired) electrons. The molecule has 2 bridgehead atoms. The first-order valence-electron chi connectivity index (χ1n) is 13.6. The van der Waals surface area contributed by atoms with E-state index >= 15 is 0 Å². The van der Waals surface area contributed by atoms with Crippen molar-refractivity contribution in [1.29, 1.82) is 0 Å². The molecule has 0 aromatic heterocycles. The minimum Gasteiger partial charge on any atom is -0.504 e. The van der Waals surface area contributed by atoms with Crippen molar-refractivity contribution in [3.63, 3.8) is 0 Å². The van der Waals surface area contributed by atoms with Crippen LogP contribution in [-0.2, 0) is 50.0 Å². The van der Waals surface area contributed by atoms with Crippen LogP contribution < -0.4 is 4.74 Å². The largest absolute Gasteiger partial charge is 0.504 e. The molecule has 1 fully saturated rings. The molecular formula is C28H31NO14. The molecule has 232 valence electrons. The summed E-state index contributed by atoms with van der Waals surface area (Å²) in [5.74, 6) is -6.98. The predicted octanol–water partition coefficient (Wildman–Crippen LogP) is -0.633. The minimum absolute atomic E-state index is 0.00364. The average Bonchev–Trinajstić information content (AvgIpc) is 3.29. The molecular weight excluding hydrogens is 574 g/mol. The number of likely N-dealkylation sites (tertiary alicyclic amines) is 1. The minimum atomic E-state index is -2.04. The van der Waals surface area contributed by atoms with Crippen LogP contribution in [0.5, 0.6) is 11.5 Å². The molecule has 1 aromatic carbocycles. The quantitative estimate of drug-likeness (QED) is 0.165. The van der Waals surface area contributed by atoms with Crippen molar-refractivity contribution in [1.82, 2.24) is 4.90 Å². The number of carboxylic acid groups (broad SMARTS) is 2. The van der Waals surface area contributed by atoms with Crippen LogP contribution in [0, 0.1) is 0 Å². The number of carbonyl (C=O) groups is 5. The van der Waals surface area contributed by atoms with Gasteiger partial charge < -0.3 is 49.4 Å². The zero-order valence-corrected chi connectivity index (χ0v) is 23.2. The smallest absolute Gasteiger partial charge is 0.348 e. The van der Waals surface area contributed by atoms with Crippen molar-refractivity contribution in [3.8, 4) is 11.5 Å². The Morgan fingerprint density at radius 1 is 1.12 bits per heavy atom. The van der Waals surface area contributed by atoms with E-state index in [0.29, 0.717) is 24.9 Å². The topological polar surface area (TPSA) is 227 Å². The molecule has 15 heteroatoms. The number of nitrogens with zero attached hydrogens (tertiary/aromatic N) is 1. The maximum absolute atomic E-state index is 12.9. The van der Waals surface area contributed by atoms with Gasteiger partial charge in [-0.05, 0) is 51.1 Å². The lowest BCUT2D eigenvalue weighted by atomic mass is 9.50. The fourth-order valence-corrected chi connectivity index (χ4v) is 6.73. The van der Waals surface area contributed by atoms with Gasteiger partial charge in [-0.2, -0.15) is 0 Å². The number of carbonyl (C=O) groups excluding carboxylic acids is 3. The van der Waals surface area contributed by atoms with E-state index in [1.54, 1.807) is 6.07 Å². The van der Waals surface area contributed by atoms with Crippen LogP contribution in [0.3, 0.4) is 0 Å². The fraction of sp³-hybridized carbons (Fsp3) is 0.536. The van der Waals surface area contributed by atoms with Crippen molar-refractivity contribution in [2.24, 2.45) is 0 Å². The Morgan fingerprint density at radius 2 is 1.84 bits per heavy atom.